The number of nitrogens with two attached hydrogens (primary N) is 1. The van der Waals surface area contributed by atoms with Gasteiger partial charge in [-0.05, 0) is 25.0 Å². The third kappa shape index (κ3) is 3.20. The van der Waals surface area contributed by atoms with Gasteiger partial charge in [0.15, 0.2) is 0 Å². The first kappa shape index (κ1) is 11.9. The number of anilines is 1. The Morgan fingerprint density at radius 3 is 2.94 bits per heavy atom. The third-order valence-corrected chi connectivity index (χ3v) is 3.32. The summed E-state index contributed by atoms with van der Waals surface area (Å²) in [6, 6.07) is 7.51. The van der Waals surface area contributed by atoms with Crippen molar-refractivity contribution >= 4 is 17.0 Å². The van der Waals surface area contributed by atoms with Crippen LogP contribution in [0.15, 0.2) is 29.6 Å². The molecule has 1 heterocycles. The molecule has 0 spiro atoms. The Hall–Kier alpha value is -1.55. The van der Waals surface area contributed by atoms with Gasteiger partial charge in [0.1, 0.15) is 12.4 Å². The van der Waals surface area contributed by atoms with Crippen molar-refractivity contribution in [2.75, 3.05) is 5.73 Å². The summed E-state index contributed by atoms with van der Waals surface area (Å²) < 4.78 is 5.63. The van der Waals surface area contributed by atoms with Gasteiger partial charge in [-0.2, -0.15) is 0 Å². The first-order valence-electron chi connectivity index (χ1n) is 5.70. The zero-order valence-electron chi connectivity index (χ0n) is 9.85. The van der Waals surface area contributed by atoms with Crippen molar-refractivity contribution in [3.8, 4) is 5.75 Å². The summed E-state index contributed by atoms with van der Waals surface area (Å²) in [5.74, 6) is 0.720. The van der Waals surface area contributed by atoms with Crippen molar-refractivity contribution in [3.05, 3.63) is 40.3 Å². The lowest BCUT2D eigenvalue weighted by atomic mass is 10.3. The van der Waals surface area contributed by atoms with Crippen LogP contribution in [-0.4, -0.2) is 4.98 Å². The van der Waals surface area contributed by atoms with E-state index in [4.69, 9.17) is 10.5 Å². The molecule has 0 atom stereocenters. The number of hydrogen-bond donors (Lipinski definition) is 1. The zero-order valence-corrected chi connectivity index (χ0v) is 10.7. The van der Waals surface area contributed by atoms with E-state index in [9.17, 15) is 0 Å². The Morgan fingerprint density at radius 1 is 1.35 bits per heavy atom. The zero-order chi connectivity index (χ0) is 12.1. The topological polar surface area (TPSA) is 48.1 Å². The highest BCUT2D eigenvalue weighted by atomic mass is 32.1. The first-order chi connectivity index (χ1) is 8.29. The summed E-state index contributed by atoms with van der Waals surface area (Å²) in [5, 5.41) is 3.22. The summed E-state index contributed by atoms with van der Waals surface area (Å²) in [4.78, 5) is 4.50. The van der Waals surface area contributed by atoms with Crippen LogP contribution >= 0.6 is 11.3 Å². The number of rotatable bonds is 5. The van der Waals surface area contributed by atoms with Crippen LogP contribution in [-0.2, 0) is 13.0 Å². The van der Waals surface area contributed by atoms with Crippen LogP contribution in [0.25, 0.3) is 0 Å². The molecule has 4 heteroatoms. The SMILES string of the molecule is CCCc1nc(COc2ccccc2N)cs1. The minimum Gasteiger partial charge on any atom is -0.485 e. The predicted octanol–water partition coefficient (Wildman–Crippen LogP) is 3.26. The van der Waals surface area contributed by atoms with Gasteiger partial charge in [-0.15, -0.1) is 11.3 Å². The highest BCUT2D eigenvalue weighted by molar-refractivity contribution is 7.09. The Labute approximate surface area is 105 Å². The number of thiazole rings is 1. The van der Waals surface area contributed by atoms with Crippen molar-refractivity contribution in [2.45, 2.75) is 26.4 Å². The first-order valence-corrected chi connectivity index (χ1v) is 6.58. The van der Waals surface area contributed by atoms with E-state index in [1.54, 1.807) is 11.3 Å². The number of ether oxygens (including phenoxy) is 1. The molecule has 0 saturated heterocycles. The van der Waals surface area contributed by atoms with Crippen LogP contribution in [0.1, 0.15) is 24.0 Å². The molecule has 0 radical (unpaired) electrons. The van der Waals surface area contributed by atoms with Crippen LogP contribution in [0, 0.1) is 0 Å². The second-order valence-corrected chi connectivity index (χ2v) is 4.75. The summed E-state index contributed by atoms with van der Waals surface area (Å²) >= 11 is 1.69. The summed E-state index contributed by atoms with van der Waals surface area (Å²) in [7, 11) is 0. The molecule has 0 bridgehead atoms. The fraction of sp³-hybridized carbons (Fsp3) is 0.308. The minimum atomic E-state index is 0.481. The number of nitrogens with zero attached hydrogens (tertiary/aromatic N) is 1. The maximum atomic E-state index is 5.79. The van der Waals surface area contributed by atoms with Crippen molar-refractivity contribution < 1.29 is 4.74 Å². The van der Waals surface area contributed by atoms with Gasteiger partial charge in [0.25, 0.3) is 0 Å². The van der Waals surface area contributed by atoms with Gasteiger partial charge in [-0.3, -0.25) is 0 Å². The fourth-order valence-electron chi connectivity index (χ4n) is 1.51. The fourth-order valence-corrected chi connectivity index (χ4v) is 2.39. The quantitative estimate of drug-likeness (QED) is 0.826. The van der Waals surface area contributed by atoms with Crippen molar-refractivity contribution in [3.63, 3.8) is 0 Å². The van der Waals surface area contributed by atoms with Gasteiger partial charge < -0.3 is 10.5 Å². The minimum absolute atomic E-state index is 0.481. The van der Waals surface area contributed by atoms with E-state index < -0.39 is 0 Å². The number of aryl methyl sites for hydroxylation is 1. The number of para-hydroxylation sites is 2. The average Bonchev–Trinajstić information content (AvgIpc) is 2.76. The Bertz CT molecular complexity index is 482. The number of hydrogen-bond acceptors (Lipinski definition) is 4. The lowest BCUT2D eigenvalue weighted by molar-refractivity contribution is 0.303. The average molecular weight is 248 g/mol. The van der Waals surface area contributed by atoms with E-state index in [1.165, 1.54) is 5.01 Å². The van der Waals surface area contributed by atoms with E-state index in [0.717, 1.165) is 24.3 Å². The second-order valence-electron chi connectivity index (χ2n) is 3.81. The van der Waals surface area contributed by atoms with Crippen LogP contribution in [0.3, 0.4) is 0 Å². The number of benzene rings is 1. The summed E-state index contributed by atoms with van der Waals surface area (Å²) in [6.45, 7) is 2.64. The molecule has 0 amide bonds. The highest BCUT2D eigenvalue weighted by Gasteiger charge is 2.03. The molecule has 90 valence electrons. The molecule has 2 aromatic rings. The standard InChI is InChI=1S/C13H16N2OS/c1-2-5-13-15-10(9-17-13)8-16-12-7-4-3-6-11(12)14/h3-4,6-7,9H,2,5,8,14H2,1H3. The van der Waals surface area contributed by atoms with Gasteiger partial charge in [0.2, 0.25) is 0 Å². The van der Waals surface area contributed by atoms with Crippen LogP contribution < -0.4 is 10.5 Å². The molecule has 2 rings (SSSR count). The Morgan fingerprint density at radius 2 is 2.18 bits per heavy atom. The van der Waals surface area contributed by atoms with E-state index in [0.29, 0.717) is 12.3 Å². The maximum Gasteiger partial charge on any atom is 0.142 e. The molecule has 1 aromatic heterocycles. The molecule has 0 aliphatic rings. The molecule has 2 N–H and O–H groups in total. The second kappa shape index (κ2) is 5.68. The maximum absolute atomic E-state index is 5.79. The van der Waals surface area contributed by atoms with Gasteiger partial charge in [-0.1, -0.05) is 19.1 Å². The summed E-state index contributed by atoms with van der Waals surface area (Å²) in [5.41, 5.74) is 7.43. The lowest BCUT2D eigenvalue weighted by Crippen LogP contribution is -1.99. The molecular weight excluding hydrogens is 232 g/mol. The molecule has 0 aliphatic carbocycles. The van der Waals surface area contributed by atoms with Gasteiger partial charge in [0, 0.05) is 5.38 Å². The van der Waals surface area contributed by atoms with E-state index in [1.807, 2.05) is 29.6 Å². The van der Waals surface area contributed by atoms with Crippen molar-refractivity contribution in [1.82, 2.24) is 4.98 Å². The van der Waals surface area contributed by atoms with E-state index >= 15 is 0 Å². The van der Waals surface area contributed by atoms with Crippen molar-refractivity contribution in [2.24, 2.45) is 0 Å². The van der Waals surface area contributed by atoms with Gasteiger partial charge in [-0.25, -0.2) is 4.98 Å². The largest absolute Gasteiger partial charge is 0.485 e. The Kier molecular flexibility index (Phi) is 3.98. The van der Waals surface area contributed by atoms with Crippen molar-refractivity contribution in [1.29, 1.82) is 0 Å². The number of nitrogen functional groups attached to an aromatic ring is 1. The predicted molar refractivity (Wildman–Crippen MR) is 71.3 cm³/mol. The smallest absolute Gasteiger partial charge is 0.142 e. The highest BCUT2D eigenvalue weighted by Crippen LogP contribution is 2.21. The molecule has 17 heavy (non-hydrogen) atoms. The Balaban J connectivity index is 1.95. The van der Waals surface area contributed by atoms with E-state index in [2.05, 4.69) is 11.9 Å². The molecular formula is C13H16N2OS. The van der Waals surface area contributed by atoms with Gasteiger partial charge in [0.05, 0.1) is 16.4 Å². The van der Waals surface area contributed by atoms with Gasteiger partial charge >= 0.3 is 0 Å². The van der Waals surface area contributed by atoms with Crippen LogP contribution in [0.2, 0.25) is 0 Å². The summed E-state index contributed by atoms with van der Waals surface area (Å²) in [6.07, 6.45) is 2.16. The molecule has 1 aromatic carbocycles. The van der Waals surface area contributed by atoms with Crippen LogP contribution in [0.5, 0.6) is 5.75 Å². The molecule has 0 unspecified atom stereocenters. The molecule has 3 nitrogen and oxygen atoms in total. The van der Waals surface area contributed by atoms with Crippen LogP contribution in [0.4, 0.5) is 5.69 Å². The number of aromatic nitrogens is 1. The molecule has 0 fully saturated rings. The lowest BCUT2D eigenvalue weighted by Gasteiger charge is -2.06. The molecule has 0 saturated carbocycles. The third-order valence-electron chi connectivity index (χ3n) is 2.36. The molecule has 0 aliphatic heterocycles. The van der Waals surface area contributed by atoms with E-state index in [-0.39, 0.29) is 0 Å². The normalized spacial score (nSPS) is 10.4. The monoisotopic (exact) mass is 248 g/mol.